The van der Waals surface area contributed by atoms with Crippen LogP contribution in [0.1, 0.15) is 98.5 Å². The molecule has 3 aromatic carbocycles. The van der Waals surface area contributed by atoms with Crippen molar-refractivity contribution in [1.29, 1.82) is 0 Å². The number of ether oxygens (including phenoxy) is 1. The first-order chi connectivity index (χ1) is 27.7. The number of rotatable bonds is 29. The average molecular weight is 810 g/mol. The number of nitrogens with two attached hydrogens (primary N) is 1. The second-order valence-electron chi connectivity index (χ2n) is 13.4. The standard InChI is InChI=1S/C42H57FN5O8P/c43-36-23-21-35(22-24-36)41(52)47-29-12-3-9-19-38(49)45-27-11-4-10-20-40(51)48-37(42(53)54-31-33-15-5-1-6-16-33)25-26-39(50)46-28-13-14-30-55-57(44)56-32-34-17-7-2-8-18-34/h1-2,5-8,15-18,21-24,37H,3-4,9-14,19-20,25-32,44H2,(H,45,49)(H,46,50)(H,47,52)(H,48,51). The zero-order valence-electron chi connectivity index (χ0n) is 32.6. The van der Waals surface area contributed by atoms with Crippen LogP contribution >= 0.6 is 8.53 Å². The molecule has 6 N–H and O–H groups in total. The summed E-state index contributed by atoms with van der Waals surface area (Å²) in [6.07, 6.45) is 6.16. The molecule has 0 aromatic heterocycles. The van der Waals surface area contributed by atoms with Crippen molar-refractivity contribution < 1.29 is 42.1 Å². The molecule has 0 aliphatic heterocycles. The fraction of sp³-hybridized carbons (Fsp3) is 0.452. The van der Waals surface area contributed by atoms with Crippen molar-refractivity contribution in [2.45, 2.75) is 96.3 Å². The molecule has 0 fully saturated rings. The van der Waals surface area contributed by atoms with Gasteiger partial charge in [0.1, 0.15) is 18.5 Å². The smallest absolute Gasteiger partial charge is 0.328 e. The van der Waals surface area contributed by atoms with E-state index in [0.717, 1.165) is 24.0 Å². The fourth-order valence-electron chi connectivity index (χ4n) is 5.46. The van der Waals surface area contributed by atoms with Crippen molar-refractivity contribution in [1.82, 2.24) is 21.3 Å². The predicted molar refractivity (Wildman–Crippen MR) is 217 cm³/mol. The second-order valence-corrected chi connectivity index (χ2v) is 14.5. The number of esters is 1. The van der Waals surface area contributed by atoms with Crippen molar-refractivity contribution in [2.24, 2.45) is 5.50 Å². The topological polar surface area (TPSA) is 187 Å². The monoisotopic (exact) mass is 809 g/mol. The van der Waals surface area contributed by atoms with E-state index in [-0.39, 0.29) is 49.5 Å². The van der Waals surface area contributed by atoms with Gasteiger partial charge in [-0.1, -0.05) is 73.5 Å². The van der Waals surface area contributed by atoms with E-state index in [9.17, 15) is 28.4 Å². The number of hydrogen-bond acceptors (Lipinski definition) is 9. The minimum Gasteiger partial charge on any atom is -0.459 e. The largest absolute Gasteiger partial charge is 0.459 e. The Balaban J connectivity index is 1.25. The first kappa shape index (κ1) is 46.6. The Bertz CT molecular complexity index is 1620. The van der Waals surface area contributed by atoms with Gasteiger partial charge in [0.25, 0.3) is 14.4 Å². The van der Waals surface area contributed by atoms with Gasteiger partial charge >= 0.3 is 5.97 Å². The highest BCUT2D eigenvalue weighted by Gasteiger charge is 2.23. The minimum atomic E-state index is -1.50. The molecule has 0 radical (unpaired) electrons. The van der Waals surface area contributed by atoms with Crippen LogP contribution in [0.25, 0.3) is 0 Å². The highest BCUT2D eigenvalue weighted by molar-refractivity contribution is 7.44. The summed E-state index contributed by atoms with van der Waals surface area (Å²) >= 11 is 0. The summed E-state index contributed by atoms with van der Waals surface area (Å²) in [6, 6.07) is 23.3. The van der Waals surface area contributed by atoms with E-state index in [4.69, 9.17) is 19.3 Å². The molecule has 2 unspecified atom stereocenters. The summed E-state index contributed by atoms with van der Waals surface area (Å²) in [6.45, 7) is 2.20. The lowest BCUT2D eigenvalue weighted by molar-refractivity contribution is -0.149. The van der Waals surface area contributed by atoms with Crippen LogP contribution in [-0.4, -0.2) is 61.9 Å². The van der Waals surface area contributed by atoms with Crippen molar-refractivity contribution in [3.05, 3.63) is 107 Å². The van der Waals surface area contributed by atoms with Gasteiger partial charge < -0.3 is 35.1 Å². The molecule has 0 bridgehead atoms. The second kappa shape index (κ2) is 28.6. The van der Waals surface area contributed by atoms with Crippen LogP contribution in [0.4, 0.5) is 4.39 Å². The summed E-state index contributed by atoms with van der Waals surface area (Å²) in [5, 5.41) is 11.3. The molecule has 310 valence electrons. The molecule has 3 rings (SSSR count). The van der Waals surface area contributed by atoms with Crippen LogP contribution in [-0.2, 0) is 46.2 Å². The number of unbranched alkanes of at least 4 members (excludes halogenated alkanes) is 5. The third-order valence-corrected chi connectivity index (χ3v) is 9.51. The Hall–Kier alpha value is -4.75. The molecule has 0 heterocycles. The van der Waals surface area contributed by atoms with Crippen molar-refractivity contribution in [3.63, 3.8) is 0 Å². The molecule has 2 atom stereocenters. The molecule has 0 saturated heterocycles. The molecule has 4 amide bonds. The van der Waals surface area contributed by atoms with Gasteiger partial charge in [0, 0.05) is 44.5 Å². The zero-order chi connectivity index (χ0) is 40.9. The maximum absolute atomic E-state index is 13.0. The number of benzene rings is 3. The molecule has 3 aromatic rings. The molecule has 0 aliphatic carbocycles. The minimum absolute atomic E-state index is 0.0249. The molecule has 0 aliphatic rings. The third kappa shape index (κ3) is 22.0. The van der Waals surface area contributed by atoms with Crippen molar-refractivity contribution in [2.75, 3.05) is 26.2 Å². The van der Waals surface area contributed by atoms with E-state index in [2.05, 4.69) is 21.3 Å². The molecular weight excluding hydrogens is 752 g/mol. The van der Waals surface area contributed by atoms with Gasteiger partial charge in [-0.05, 0) is 80.3 Å². The predicted octanol–water partition coefficient (Wildman–Crippen LogP) is 6.12. The normalized spacial score (nSPS) is 11.9. The number of carbonyl (C=O) groups excluding carboxylic acids is 5. The first-order valence-electron chi connectivity index (χ1n) is 19.6. The first-order valence-corrected chi connectivity index (χ1v) is 20.9. The molecular formula is C42H57FN5O8P. The zero-order valence-corrected chi connectivity index (χ0v) is 33.5. The van der Waals surface area contributed by atoms with E-state index in [1.807, 2.05) is 60.7 Å². The van der Waals surface area contributed by atoms with Crippen LogP contribution in [0.5, 0.6) is 0 Å². The van der Waals surface area contributed by atoms with Gasteiger partial charge in [0.05, 0.1) is 13.2 Å². The van der Waals surface area contributed by atoms with Crippen LogP contribution in [0.2, 0.25) is 0 Å². The van der Waals surface area contributed by atoms with Crippen LogP contribution in [0.15, 0.2) is 84.9 Å². The Morgan fingerprint density at radius 3 is 1.77 bits per heavy atom. The number of hydrogen-bond donors (Lipinski definition) is 5. The average Bonchev–Trinajstić information content (AvgIpc) is 3.22. The van der Waals surface area contributed by atoms with Crippen LogP contribution < -0.4 is 26.8 Å². The van der Waals surface area contributed by atoms with E-state index in [1.54, 1.807) is 0 Å². The number of carbonyl (C=O) groups is 5. The Morgan fingerprint density at radius 2 is 1.14 bits per heavy atom. The fourth-order valence-corrected chi connectivity index (χ4v) is 6.12. The van der Waals surface area contributed by atoms with Crippen LogP contribution in [0.3, 0.4) is 0 Å². The number of nitrogens with one attached hydrogen (secondary N) is 4. The maximum Gasteiger partial charge on any atom is 0.328 e. The van der Waals surface area contributed by atoms with Crippen molar-refractivity contribution in [3.8, 4) is 0 Å². The van der Waals surface area contributed by atoms with Crippen molar-refractivity contribution >= 4 is 38.1 Å². The van der Waals surface area contributed by atoms with Gasteiger partial charge in [-0.3, -0.25) is 24.7 Å². The van der Waals surface area contributed by atoms with Gasteiger partial charge in [-0.25, -0.2) is 9.18 Å². The number of halogens is 1. The molecule has 57 heavy (non-hydrogen) atoms. The molecule has 15 heteroatoms. The maximum atomic E-state index is 13.0. The SMILES string of the molecule is NP(OCCCCNC(=O)CCC(NC(=O)CCCCCNC(=O)CCCCCNC(=O)c1ccc(F)cc1)C(=O)OCc1ccccc1)OCc1ccccc1. The van der Waals surface area contributed by atoms with Crippen LogP contribution in [0, 0.1) is 5.82 Å². The lowest BCUT2D eigenvalue weighted by Crippen LogP contribution is -2.42. The van der Waals surface area contributed by atoms with Gasteiger partial charge in [0.15, 0.2) is 0 Å². The van der Waals surface area contributed by atoms with E-state index in [1.165, 1.54) is 24.3 Å². The Kier molecular flexibility index (Phi) is 23.4. The Morgan fingerprint density at radius 1 is 0.596 bits per heavy atom. The summed E-state index contributed by atoms with van der Waals surface area (Å²) in [4.78, 5) is 62.7. The Labute approximate surface area is 336 Å². The lowest BCUT2D eigenvalue weighted by Gasteiger charge is -2.18. The summed E-state index contributed by atoms with van der Waals surface area (Å²) < 4.78 is 29.6. The van der Waals surface area contributed by atoms with Gasteiger partial charge in [0.2, 0.25) is 17.7 Å². The molecule has 0 spiro atoms. The summed E-state index contributed by atoms with van der Waals surface area (Å²) in [5.74, 6) is -1.88. The van der Waals surface area contributed by atoms with Gasteiger partial charge in [-0.2, -0.15) is 0 Å². The lowest BCUT2D eigenvalue weighted by atomic mass is 10.1. The highest BCUT2D eigenvalue weighted by atomic mass is 31.2. The summed E-state index contributed by atoms with van der Waals surface area (Å²) in [7, 11) is -1.50. The number of amides is 4. The quantitative estimate of drug-likeness (QED) is 0.0313. The highest BCUT2D eigenvalue weighted by Crippen LogP contribution is 2.30. The summed E-state index contributed by atoms with van der Waals surface area (Å²) in [5.41, 5.74) is 8.13. The van der Waals surface area contributed by atoms with Gasteiger partial charge in [-0.15, -0.1) is 0 Å². The van der Waals surface area contributed by atoms with E-state index < -0.39 is 26.4 Å². The van der Waals surface area contributed by atoms with E-state index in [0.29, 0.717) is 83.4 Å². The third-order valence-electron chi connectivity index (χ3n) is 8.69. The molecule has 0 saturated carbocycles. The molecule has 13 nitrogen and oxygen atoms in total. The van der Waals surface area contributed by atoms with E-state index >= 15 is 0 Å².